The average Bonchev–Trinajstić information content (AvgIpc) is 3.25. The zero-order valence-corrected chi connectivity index (χ0v) is 14.2. The van der Waals surface area contributed by atoms with Crippen molar-refractivity contribution in [3.8, 4) is 0 Å². The highest BCUT2D eigenvalue weighted by molar-refractivity contribution is 5.76. The lowest BCUT2D eigenvalue weighted by molar-refractivity contribution is 0.477. The van der Waals surface area contributed by atoms with E-state index in [0.717, 1.165) is 46.6 Å². The van der Waals surface area contributed by atoms with E-state index in [0.29, 0.717) is 11.8 Å². The predicted molar refractivity (Wildman–Crippen MR) is 101 cm³/mol. The summed E-state index contributed by atoms with van der Waals surface area (Å²) < 4.78 is 0. The monoisotopic (exact) mass is 328 g/mol. The van der Waals surface area contributed by atoms with E-state index in [-0.39, 0.29) is 0 Å². The molecule has 0 unspecified atom stereocenters. The van der Waals surface area contributed by atoms with E-state index in [4.69, 9.17) is 9.97 Å². The summed E-state index contributed by atoms with van der Waals surface area (Å²) in [6.45, 7) is 2.21. The molecule has 2 atom stereocenters. The molecule has 0 aliphatic heterocycles. The maximum atomic E-state index is 4.88. The van der Waals surface area contributed by atoms with E-state index in [1.165, 1.54) is 5.57 Å². The van der Waals surface area contributed by atoms with Gasteiger partial charge >= 0.3 is 0 Å². The van der Waals surface area contributed by atoms with Crippen LogP contribution >= 0.6 is 0 Å². The third kappa shape index (κ3) is 2.45. The van der Waals surface area contributed by atoms with Crippen LogP contribution in [0.15, 0.2) is 60.2 Å². The minimum Gasteiger partial charge on any atom is -0.342 e. The van der Waals surface area contributed by atoms with Crippen molar-refractivity contribution in [2.24, 2.45) is 0 Å². The smallest absolute Gasteiger partial charge is 0.111 e. The molecule has 25 heavy (non-hydrogen) atoms. The van der Waals surface area contributed by atoms with Crippen molar-refractivity contribution in [2.45, 2.75) is 31.6 Å². The van der Waals surface area contributed by atoms with E-state index in [1.54, 1.807) is 0 Å². The van der Waals surface area contributed by atoms with E-state index in [9.17, 15) is 0 Å². The first-order valence-electron chi connectivity index (χ1n) is 8.83. The van der Waals surface area contributed by atoms with Crippen molar-refractivity contribution in [1.82, 2.24) is 19.9 Å². The van der Waals surface area contributed by atoms with Crippen molar-refractivity contribution in [2.75, 3.05) is 0 Å². The molecular weight excluding hydrogens is 308 g/mol. The molecule has 124 valence electrons. The van der Waals surface area contributed by atoms with Gasteiger partial charge in [-0.05, 0) is 44.0 Å². The predicted octanol–water partition coefficient (Wildman–Crippen LogP) is 5.05. The van der Waals surface area contributed by atoms with Crippen molar-refractivity contribution >= 4 is 22.1 Å². The van der Waals surface area contributed by atoms with E-state index in [2.05, 4.69) is 47.2 Å². The molecule has 2 aromatic carbocycles. The molecule has 2 N–H and O–H groups in total. The molecule has 4 heteroatoms. The van der Waals surface area contributed by atoms with E-state index < -0.39 is 0 Å². The Hall–Kier alpha value is -2.88. The molecule has 5 rings (SSSR count). The molecule has 0 saturated heterocycles. The van der Waals surface area contributed by atoms with Gasteiger partial charge in [-0.1, -0.05) is 35.9 Å². The molecule has 2 aromatic heterocycles. The van der Waals surface area contributed by atoms with Gasteiger partial charge in [0, 0.05) is 11.8 Å². The molecule has 4 nitrogen and oxygen atoms in total. The van der Waals surface area contributed by atoms with Gasteiger partial charge < -0.3 is 9.97 Å². The number of benzene rings is 2. The van der Waals surface area contributed by atoms with Crippen LogP contribution in [-0.2, 0) is 0 Å². The van der Waals surface area contributed by atoms with Crippen LogP contribution in [0.1, 0.15) is 43.3 Å². The lowest BCUT2D eigenvalue weighted by Gasteiger charge is -2.27. The third-order valence-corrected chi connectivity index (χ3v) is 5.27. The zero-order valence-electron chi connectivity index (χ0n) is 14.2. The highest BCUT2D eigenvalue weighted by atomic mass is 15.0. The summed E-state index contributed by atoms with van der Waals surface area (Å²) in [4.78, 5) is 16.8. The van der Waals surface area contributed by atoms with E-state index >= 15 is 0 Å². The van der Waals surface area contributed by atoms with Gasteiger partial charge in [0.1, 0.15) is 11.6 Å². The summed E-state index contributed by atoms with van der Waals surface area (Å²) in [6, 6.07) is 16.5. The van der Waals surface area contributed by atoms with Crippen LogP contribution in [0.5, 0.6) is 0 Å². The molecule has 0 spiro atoms. The molecule has 0 fully saturated rings. The summed E-state index contributed by atoms with van der Waals surface area (Å²) in [7, 11) is 0. The Kier molecular flexibility index (Phi) is 3.23. The van der Waals surface area contributed by atoms with Crippen LogP contribution in [0.25, 0.3) is 22.1 Å². The number of aromatic nitrogens is 4. The SMILES string of the molecule is CC1=CC[C@H](c2nc3ccccc3[nH]2)[C@H](c2nc3ccccc3[nH]2)C1. The van der Waals surface area contributed by atoms with Gasteiger partial charge in [0.05, 0.1) is 22.1 Å². The van der Waals surface area contributed by atoms with Crippen molar-refractivity contribution in [3.63, 3.8) is 0 Å². The Morgan fingerprint density at radius 1 is 0.800 bits per heavy atom. The second-order valence-corrected chi connectivity index (χ2v) is 6.98. The van der Waals surface area contributed by atoms with Gasteiger partial charge in [0.25, 0.3) is 0 Å². The quantitative estimate of drug-likeness (QED) is 0.506. The van der Waals surface area contributed by atoms with Gasteiger partial charge in [0.2, 0.25) is 0 Å². The maximum Gasteiger partial charge on any atom is 0.111 e. The molecule has 0 amide bonds. The number of H-pyrrole nitrogens is 2. The first kappa shape index (κ1) is 14.5. The fourth-order valence-electron chi connectivity index (χ4n) is 3.95. The molecular formula is C21H20N4. The minimum atomic E-state index is 0.316. The molecule has 1 aliphatic carbocycles. The second-order valence-electron chi connectivity index (χ2n) is 6.98. The number of para-hydroxylation sites is 4. The third-order valence-electron chi connectivity index (χ3n) is 5.27. The van der Waals surface area contributed by atoms with Crippen LogP contribution in [0, 0.1) is 0 Å². The number of rotatable bonds is 2. The average molecular weight is 328 g/mol. The molecule has 1 aliphatic rings. The Bertz CT molecular complexity index is 1020. The van der Waals surface area contributed by atoms with Crippen molar-refractivity contribution in [3.05, 3.63) is 71.8 Å². The van der Waals surface area contributed by atoms with Crippen LogP contribution < -0.4 is 0 Å². The molecule has 2 heterocycles. The first-order chi connectivity index (χ1) is 12.3. The number of allylic oxidation sites excluding steroid dienone is 2. The summed E-state index contributed by atoms with van der Waals surface area (Å²) >= 11 is 0. The topological polar surface area (TPSA) is 57.4 Å². The first-order valence-corrected chi connectivity index (χ1v) is 8.83. The number of nitrogens with one attached hydrogen (secondary N) is 2. The fourth-order valence-corrected chi connectivity index (χ4v) is 3.95. The Morgan fingerprint density at radius 2 is 1.36 bits per heavy atom. The second kappa shape index (κ2) is 5.59. The van der Waals surface area contributed by atoms with Crippen LogP contribution in [-0.4, -0.2) is 19.9 Å². The normalized spacial score (nSPS) is 20.9. The van der Waals surface area contributed by atoms with Gasteiger partial charge in [-0.3, -0.25) is 0 Å². The standard InChI is InChI=1S/C21H20N4/c1-13-10-11-14(20-22-16-6-2-3-7-17(16)23-20)15(12-13)21-24-18-8-4-5-9-19(18)25-21/h2-10,14-15H,11-12H2,1H3,(H,22,23)(H,24,25)/t14-,15+/m0/s1. The lowest BCUT2D eigenvalue weighted by Crippen LogP contribution is -2.17. The molecule has 0 bridgehead atoms. The number of fused-ring (bicyclic) bond motifs is 2. The molecule has 4 aromatic rings. The van der Waals surface area contributed by atoms with Gasteiger partial charge in [-0.25, -0.2) is 9.97 Å². The highest BCUT2D eigenvalue weighted by Crippen LogP contribution is 2.42. The van der Waals surface area contributed by atoms with Crippen LogP contribution in [0.4, 0.5) is 0 Å². The fraction of sp³-hybridized carbons (Fsp3) is 0.238. The number of aromatic amines is 2. The maximum absolute atomic E-state index is 4.88. The number of hydrogen-bond donors (Lipinski definition) is 2. The number of nitrogens with zero attached hydrogens (tertiary/aromatic N) is 2. The Labute approximate surface area is 146 Å². The number of hydrogen-bond acceptors (Lipinski definition) is 2. The van der Waals surface area contributed by atoms with Crippen LogP contribution in [0.2, 0.25) is 0 Å². The van der Waals surface area contributed by atoms with Crippen molar-refractivity contribution < 1.29 is 0 Å². The van der Waals surface area contributed by atoms with E-state index in [1.807, 2.05) is 24.3 Å². The summed E-state index contributed by atoms with van der Waals surface area (Å²) in [5, 5.41) is 0. The summed E-state index contributed by atoms with van der Waals surface area (Å²) in [5.41, 5.74) is 5.71. The molecule has 0 radical (unpaired) electrons. The molecule has 0 saturated carbocycles. The lowest BCUT2D eigenvalue weighted by atomic mass is 9.79. The van der Waals surface area contributed by atoms with Gasteiger partial charge in [-0.2, -0.15) is 0 Å². The Balaban J connectivity index is 1.60. The van der Waals surface area contributed by atoms with Gasteiger partial charge in [-0.15, -0.1) is 0 Å². The summed E-state index contributed by atoms with van der Waals surface area (Å²) in [6.07, 6.45) is 4.35. The van der Waals surface area contributed by atoms with Crippen LogP contribution in [0.3, 0.4) is 0 Å². The highest BCUT2D eigenvalue weighted by Gasteiger charge is 2.31. The summed E-state index contributed by atoms with van der Waals surface area (Å²) in [5.74, 6) is 2.77. The zero-order chi connectivity index (χ0) is 16.8. The van der Waals surface area contributed by atoms with Gasteiger partial charge in [0.15, 0.2) is 0 Å². The number of imidazole rings is 2. The largest absolute Gasteiger partial charge is 0.342 e. The minimum absolute atomic E-state index is 0.316. The van der Waals surface area contributed by atoms with Crippen molar-refractivity contribution in [1.29, 1.82) is 0 Å². The Morgan fingerprint density at radius 3 is 1.96 bits per heavy atom.